The van der Waals surface area contributed by atoms with Crippen LogP contribution in [0.3, 0.4) is 0 Å². The Hall–Kier alpha value is -3.06. The molecule has 1 amide bonds. The Morgan fingerprint density at radius 3 is 2.89 bits per heavy atom. The molecule has 0 radical (unpaired) electrons. The molecular weight excluding hydrogens is 376 g/mol. The summed E-state index contributed by atoms with van der Waals surface area (Å²) >= 11 is 1.42. The van der Waals surface area contributed by atoms with Gasteiger partial charge >= 0.3 is 5.97 Å². The summed E-state index contributed by atoms with van der Waals surface area (Å²) in [5.74, 6) is -0.621. The van der Waals surface area contributed by atoms with Crippen LogP contribution in [0.4, 0.5) is 5.69 Å². The van der Waals surface area contributed by atoms with Crippen molar-refractivity contribution < 1.29 is 19.1 Å². The van der Waals surface area contributed by atoms with Crippen molar-refractivity contribution in [2.24, 2.45) is 0 Å². The largest absolute Gasteiger partial charge is 0.454 e. The van der Waals surface area contributed by atoms with Crippen molar-refractivity contribution in [1.82, 2.24) is 4.98 Å². The summed E-state index contributed by atoms with van der Waals surface area (Å²) in [7, 11) is 0. The van der Waals surface area contributed by atoms with Crippen LogP contribution in [0.1, 0.15) is 33.2 Å². The summed E-state index contributed by atoms with van der Waals surface area (Å²) in [5.41, 5.74) is 3.45. The number of amides is 1. The molecule has 1 aromatic heterocycles. The van der Waals surface area contributed by atoms with Gasteiger partial charge in [-0.2, -0.15) is 0 Å². The first-order valence-corrected chi connectivity index (χ1v) is 9.91. The number of nitrogens with one attached hydrogen (secondary N) is 2. The lowest BCUT2D eigenvalue weighted by molar-refractivity contribution is -0.113. The molecule has 2 aromatic carbocycles. The number of hydrogen-bond acceptors (Lipinski definition) is 5. The predicted octanol–water partition coefficient (Wildman–Crippen LogP) is 3.81. The fraction of sp³-hybridized carbons (Fsp3) is 0.190. The number of benzene rings is 2. The van der Waals surface area contributed by atoms with Crippen LogP contribution in [0.2, 0.25) is 0 Å². The molecule has 2 N–H and O–H groups in total. The van der Waals surface area contributed by atoms with Crippen LogP contribution < -0.4 is 5.32 Å². The number of thioether (sulfide) groups is 1. The summed E-state index contributed by atoms with van der Waals surface area (Å²) in [6.07, 6.45) is 2.51. The second kappa shape index (κ2) is 7.52. The molecule has 28 heavy (non-hydrogen) atoms. The summed E-state index contributed by atoms with van der Waals surface area (Å²) in [5, 5.41) is 3.56. The van der Waals surface area contributed by atoms with Crippen LogP contribution in [0.5, 0.6) is 0 Å². The molecule has 0 spiro atoms. The highest BCUT2D eigenvalue weighted by Gasteiger charge is 2.19. The van der Waals surface area contributed by atoms with E-state index in [2.05, 4.69) is 17.2 Å². The Balaban J connectivity index is 1.47. The maximum absolute atomic E-state index is 12.6. The Bertz CT molecular complexity index is 1100. The average Bonchev–Trinajstić information content (AvgIpc) is 3.15. The highest BCUT2D eigenvalue weighted by Crippen LogP contribution is 2.32. The lowest BCUT2D eigenvalue weighted by Crippen LogP contribution is -2.19. The monoisotopic (exact) mass is 394 g/mol. The Morgan fingerprint density at radius 1 is 1.21 bits per heavy atom. The van der Waals surface area contributed by atoms with Crippen LogP contribution >= 0.6 is 11.8 Å². The van der Waals surface area contributed by atoms with E-state index in [1.165, 1.54) is 11.8 Å². The molecule has 6 nitrogen and oxygen atoms in total. The molecule has 142 valence electrons. The van der Waals surface area contributed by atoms with Crippen molar-refractivity contribution in [3.8, 4) is 0 Å². The standard InChI is InChI=1S/C21H18N2O4S/c1-2-12-4-3-5-14-15(9-22-20(12)14)17(24)10-27-21(26)13-6-7-18-16(8-13)23-19(25)11-28-18/h3-9,22H,2,10-11H2,1H3,(H,23,25). The number of ether oxygens (including phenoxy) is 1. The zero-order valence-corrected chi connectivity index (χ0v) is 16.0. The smallest absolute Gasteiger partial charge is 0.338 e. The number of anilines is 1. The van der Waals surface area contributed by atoms with Gasteiger partial charge in [-0.1, -0.05) is 25.1 Å². The molecule has 1 aliphatic rings. The summed E-state index contributed by atoms with van der Waals surface area (Å²) in [6, 6.07) is 10.8. The van der Waals surface area contributed by atoms with E-state index < -0.39 is 5.97 Å². The number of H-pyrrole nitrogens is 1. The second-order valence-electron chi connectivity index (χ2n) is 6.44. The van der Waals surface area contributed by atoms with Crippen molar-refractivity contribution in [3.63, 3.8) is 0 Å². The lowest BCUT2D eigenvalue weighted by Gasteiger charge is -2.16. The van der Waals surface area contributed by atoms with Crippen molar-refractivity contribution in [1.29, 1.82) is 0 Å². The molecule has 0 saturated heterocycles. The molecule has 0 atom stereocenters. The first-order chi connectivity index (χ1) is 13.6. The van der Waals surface area contributed by atoms with Gasteiger partial charge in [-0.3, -0.25) is 9.59 Å². The van der Waals surface area contributed by atoms with E-state index in [-0.39, 0.29) is 18.3 Å². The van der Waals surface area contributed by atoms with Crippen LogP contribution in [-0.4, -0.2) is 35.0 Å². The van der Waals surface area contributed by atoms with Gasteiger partial charge in [-0.15, -0.1) is 11.8 Å². The van der Waals surface area contributed by atoms with Crippen molar-refractivity contribution >= 4 is 46.0 Å². The quantitative estimate of drug-likeness (QED) is 0.507. The number of carbonyl (C=O) groups is 3. The van der Waals surface area contributed by atoms with E-state index in [0.717, 1.165) is 27.8 Å². The van der Waals surface area contributed by atoms with Gasteiger partial charge in [0.2, 0.25) is 11.7 Å². The summed E-state index contributed by atoms with van der Waals surface area (Å²) in [4.78, 5) is 40.5. The highest BCUT2D eigenvalue weighted by molar-refractivity contribution is 8.00. The fourth-order valence-electron chi connectivity index (χ4n) is 3.24. The van der Waals surface area contributed by atoms with Gasteiger partial charge < -0.3 is 15.0 Å². The van der Waals surface area contributed by atoms with E-state index in [1.807, 2.05) is 18.2 Å². The van der Waals surface area contributed by atoms with Crippen LogP contribution in [0.25, 0.3) is 10.9 Å². The zero-order chi connectivity index (χ0) is 19.7. The van der Waals surface area contributed by atoms with Gasteiger partial charge in [0.1, 0.15) is 0 Å². The number of aromatic amines is 1. The summed E-state index contributed by atoms with van der Waals surface area (Å²) in [6.45, 7) is 1.71. The number of carbonyl (C=O) groups excluding carboxylic acids is 3. The fourth-order valence-corrected chi connectivity index (χ4v) is 4.03. The second-order valence-corrected chi connectivity index (χ2v) is 7.46. The maximum atomic E-state index is 12.6. The normalized spacial score (nSPS) is 13.1. The van der Waals surface area contributed by atoms with Crippen LogP contribution in [0.15, 0.2) is 47.5 Å². The Kier molecular flexibility index (Phi) is 4.92. The van der Waals surface area contributed by atoms with Crippen molar-refractivity contribution in [2.75, 3.05) is 17.7 Å². The van der Waals surface area contributed by atoms with Crippen molar-refractivity contribution in [2.45, 2.75) is 18.2 Å². The topological polar surface area (TPSA) is 88.3 Å². The highest BCUT2D eigenvalue weighted by atomic mass is 32.2. The van der Waals surface area contributed by atoms with Gasteiger partial charge in [-0.25, -0.2) is 4.79 Å². The van der Waals surface area contributed by atoms with Crippen LogP contribution in [-0.2, 0) is 16.0 Å². The number of aromatic nitrogens is 1. The maximum Gasteiger partial charge on any atom is 0.338 e. The minimum atomic E-state index is -0.602. The van der Waals surface area contributed by atoms with Gasteiger partial charge in [-0.05, 0) is 30.2 Å². The third-order valence-corrected chi connectivity index (χ3v) is 5.74. The molecule has 1 aliphatic heterocycles. The van der Waals surface area contributed by atoms with E-state index >= 15 is 0 Å². The predicted molar refractivity (Wildman–Crippen MR) is 108 cm³/mol. The van der Waals surface area contributed by atoms with E-state index in [9.17, 15) is 14.4 Å². The lowest BCUT2D eigenvalue weighted by atomic mass is 10.1. The first-order valence-electron chi connectivity index (χ1n) is 8.93. The summed E-state index contributed by atoms with van der Waals surface area (Å²) < 4.78 is 5.22. The number of Topliss-reactive ketones (excluding diaryl/α,β-unsaturated/α-hetero) is 1. The molecule has 2 heterocycles. The van der Waals surface area contributed by atoms with E-state index in [4.69, 9.17) is 4.74 Å². The van der Waals surface area contributed by atoms with Crippen LogP contribution in [0, 0.1) is 0 Å². The zero-order valence-electron chi connectivity index (χ0n) is 15.2. The number of para-hydroxylation sites is 1. The molecule has 3 aromatic rings. The molecular formula is C21H18N2O4S. The number of aryl methyl sites for hydroxylation is 1. The number of ketones is 1. The van der Waals surface area contributed by atoms with E-state index in [0.29, 0.717) is 22.6 Å². The molecule has 0 fully saturated rings. The third-order valence-electron chi connectivity index (χ3n) is 4.67. The molecule has 4 rings (SSSR count). The number of hydrogen-bond donors (Lipinski definition) is 2. The number of fused-ring (bicyclic) bond motifs is 2. The number of rotatable bonds is 5. The average molecular weight is 394 g/mol. The SMILES string of the molecule is CCc1cccc2c(C(=O)COC(=O)c3ccc4c(c3)NC(=O)CS4)c[nH]c12. The number of esters is 1. The minimum absolute atomic E-state index is 0.107. The van der Waals surface area contributed by atoms with Crippen molar-refractivity contribution in [3.05, 3.63) is 59.3 Å². The molecule has 0 bridgehead atoms. The van der Waals surface area contributed by atoms with Gasteiger partial charge in [0.05, 0.1) is 17.0 Å². The molecule has 7 heteroatoms. The Morgan fingerprint density at radius 2 is 2.07 bits per heavy atom. The molecule has 0 aliphatic carbocycles. The molecule has 0 saturated carbocycles. The van der Waals surface area contributed by atoms with Gasteiger partial charge in [0.15, 0.2) is 6.61 Å². The first kappa shape index (κ1) is 18.3. The third kappa shape index (κ3) is 3.41. The molecule has 0 unspecified atom stereocenters. The minimum Gasteiger partial charge on any atom is -0.454 e. The van der Waals surface area contributed by atoms with E-state index in [1.54, 1.807) is 24.4 Å². The van der Waals surface area contributed by atoms with Gasteiger partial charge in [0.25, 0.3) is 0 Å². The van der Waals surface area contributed by atoms with Gasteiger partial charge in [0, 0.05) is 27.6 Å². The Labute approximate surface area is 165 Å².